The maximum atomic E-state index is 13.7. The normalized spacial score (nSPS) is 15.1. The summed E-state index contributed by atoms with van der Waals surface area (Å²) in [6, 6.07) is 9.90. The van der Waals surface area contributed by atoms with Crippen molar-refractivity contribution in [3.63, 3.8) is 0 Å². The van der Waals surface area contributed by atoms with Crippen LogP contribution in [0.5, 0.6) is 11.5 Å². The van der Waals surface area contributed by atoms with Gasteiger partial charge in [-0.3, -0.25) is 14.5 Å². The van der Waals surface area contributed by atoms with Gasteiger partial charge < -0.3 is 13.9 Å². The number of hydrogen-bond donors (Lipinski definition) is 0. The van der Waals surface area contributed by atoms with Gasteiger partial charge in [-0.25, -0.2) is 4.98 Å². The summed E-state index contributed by atoms with van der Waals surface area (Å²) < 4.78 is 18.1. The number of nitrogens with zero attached hydrogens (tertiary/aromatic N) is 2. The predicted molar refractivity (Wildman–Crippen MR) is 134 cm³/mol. The quantitative estimate of drug-likeness (QED) is 0.304. The Morgan fingerprint density at radius 3 is 2.71 bits per heavy atom. The van der Waals surface area contributed by atoms with Gasteiger partial charge in [0.15, 0.2) is 22.1 Å². The Labute approximate surface area is 208 Å². The Balaban J connectivity index is 1.75. The van der Waals surface area contributed by atoms with E-state index >= 15 is 0 Å². The van der Waals surface area contributed by atoms with Crippen LogP contribution in [-0.2, 0) is 0 Å². The highest BCUT2D eigenvalue weighted by Crippen LogP contribution is 2.44. The highest BCUT2D eigenvalue weighted by molar-refractivity contribution is 9.10. The van der Waals surface area contributed by atoms with E-state index in [1.165, 1.54) is 16.2 Å². The van der Waals surface area contributed by atoms with Crippen molar-refractivity contribution in [3.8, 4) is 11.5 Å². The first-order valence-corrected chi connectivity index (χ1v) is 12.4. The Hall–Kier alpha value is -3.17. The fraction of sp³-hybridized carbons (Fsp3) is 0.240. The molecular weight excluding hydrogens is 520 g/mol. The molecule has 0 unspecified atom stereocenters. The van der Waals surface area contributed by atoms with Gasteiger partial charge in [0.05, 0.1) is 36.4 Å². The molecule has 2 aromatic carbocycles. The van der Waals surface area contributed by atoms with Gasteiger partial charge in [-0.15, -0.1) is 11.3 Å². The number of ether oxygens (including phenoxy) is 2. The maximum Gasteiger partial charge on any atom is 0.297 e. The Morgan fingerprint density at radius 2 is 2.00 bits per heavy atom. The van der Waals surface area contributed by atoms with Gasteiger partial charge in [-0.2, -0.15) is 0 Å². The number of anilines is 1. The van der Waals surface area contributed by atoms with Crippen LogP contribution in [-0.4, -0.2) is 24.6 Å². The molecule has 0 saturated carbocycles. The summed E-state index contributed by atoms with van der Waals surface area (Å²) in [6.45, 7) is 4.44. The summed E-state index contributed by atoms with van der Waals surface area (Å²) in [7, 11) is 1.56. The Morgan fingerprint density at radius 1 is 1.18 bits per heavy atom. The van der Waals surface area contributed by atoms with E-state index in [2.05, 4.69) is 20.9 Å². The molecule has 1 aliphatic heterocycles. The molecule has 7 nitrogen and oxygen atoms in total. The van der Waals surface area contributed by atoms with Crippen LogP contribution in [0.1, 0.15) is 46.8 Å². The third-order valence-corrected chi connectivity index (χ3v) is 7.06. The SMILES string of the molecule is CCCOc1ccc([C@@H]2c3c(oc4ccc(Br)cc4c3=O)C(=O)N2c2nc(C)cs2)cc1OC. The summed E-state index contributed by atoms with van der Waals surface area (Å²) in [4.78, 5) is 33.4. The van der Waals surface area contributed by atoms with Crippen molar-refractivity contribution in [3.05, 3.63) is 79.1 Å². The monoisotopic (exact) mass is 540 g/mol. The number of carbonyl (C=O) groups is 1. The Kier molecular flexibility index (Phi) is 5.91. The lowest BCUT2D eigenvalue weighted by Crippen LogP contribution is -2.29. The van der Waals surface area contributed by atoms with Gasteiger partial charge in [-0.1, -0.05) is 28.9 Å². The highest BCUT2D eigenvalue weighted by atomic mass is 79.9. The number of aromatic nitrogens is 1. The number of carbonyl (C=O) groups excluding carboxylic acids is 1. The zero-order valence-corrected chi connectivity index (χ0v) is 21.2. The zero-order chi connectivity index (χ0) is 24.0. The molecule has 0 aliphatic carbocycles. The average Bonchev–Trinajstić information content (AvgIpc) is 3.39. The molecule has 0 N–H and O–H groups in total. The van der Waals surface area contributed by atoms with Crippen molar-refractivity contribution >= 4 is 49.3 Å². The van der Waals surface area contributed by atoms with E-state index < -0.39 is 11.9 Å². The molecule has 174 valence electrons. The Bertz CT molecular complexity index is 1480. The molecular formula is C25H21BrN2O5S. The third-order valence-electron chi connectivity index (χ3n) is 5.61. The summed E-state index contributed by atoms with van der Waals surface area (Å²) >= 11 is 4.76. The van der Waals surface area contributed by atoms with Crippen LogP contribution < -0.4 is 19.8 Å². The highest BCUT2D eigenvalue weighted by Gasteiger charge is 2.45. The minimum atomic E-state index is -0.721. The molecule has 1 aliphatic rings. The largest absolute Gasteiger partial charge is 0.493 e. The number of fused-ring (bicyclic) bond motifs is 2. The maximum absolute atomic E-state index is 13.7. The molecule has 4 aromatic rings. The van der Waals surface area contributed by atoms with Crippen LogP contribution in [0, 0.1) is 6.92 Å². The topological polar surface area (TPSA) is 81.9 Å². The molecule has 2 aromatic heterocycles. The van der Waals surface area contributed by atoms with Crippen molar-refractivity contribution in [2.75, 3.05) is 18.6 Å². The van der Waals surface area contributed by atoms with E-state index in [0.29, 0.717) is 39.8 Å². The minimum absolute atomic E-state index is 0.0305. The lowest BCUT2D eigenvalue weighted by molar-refractivity contribution is 0.0971. The number of aryl methyl sites for hydroxylation is 1. The van der Waals surface area contributed by atoms with Crippen LogP contribution >= 0.6 is 27.3 Å². The average molecular weight is 541 g/mol. The second-order valence-corrected chi connectivity index (χ2v) is 9.67. The number of hydrogen-bond acceptors (Lipinski definition) is 7. The molecule has 1 amide bonds. The van der Waals surface area contributed by atoms with Gasteiger partial charge in [0, 0.05) is 9.85 Å². The van der Waals surface area contributed by atoms with Crippen molar-refractivity contribution in [1.29, 1.82) is 0 Å². The summed E-state index contributed by atoms with van der Waals surface area (Å²) in [5.41, 5.74) is 1.88. The minimum Gasteiger partial charge on any atom is -0.493 e. The van der Waals surface area contributed by atoms with E-state index in [4.69, 9.17) is 13.9 Å². The first kappa shape index (κ1) is 22.6. The summed E-state index contributed by atoms with van der Waals surface area (Å²) in [5, 5.41) is 2.76. The molecule has 1 atom stereocenters. The lowest BCUT2D eigenvalue weighted by Gasteiger charge is -2.23. The van der Waals surface area contributed by atoms with Crippen LogP contribution in [0.3, 0.4) is 0 Å². The van der Waals surface area contributed by atoms with Crippen molar-refractivity contribution in [1.82, 2.24) is 4.98 Å². The van der Waals surface area contributed by atoms with Crippen LogP contribution in [0.15, 0.2) is 55.5 Å². The molecule has 34 heavy (non-hydrogen) atoms. The van der Waals surface area contributed by atoms with Gasteiger partial charge in [-0.05, 0) is 49.2 Å². The van der Waals surface area contributed by atoms with E-state index in [0.717, 1.165) is 16.6 Å². The molecule has 0 spiro atoms. The first-order valence-electron chi connectivity index (χ1n) is 10.8. The number of halogens is 1. The molecule has 0 radical (unpaired) electrons. The molecule has 9 heteroatoms. The van der Waals surface area contributed by atoms with Crippen LogP contribution in [0.4, 0.5) is 5.13 Å². The van der Waals surface area contributed by atoms with Crippen LogP contribution in [0.2, 0.25) is 0 Å². The smallest absolute Gasteiger partial charge is 0.297 e. The first-order chi connectivity index (χ1) is 16.4. The fourth-order valence-corrected chi connectivity index (χ4v) is 5.28. The van der Waals surface area contributed by atoms with Gasteiger partial charge in [0.1, 0.15) is 5.58 Å². The third kappa shape index (κ3) is 3.69. The van der Waals surface area contributed by atoms with E-state index in [1.807, 2.05) is 25.3 Å². The number of rotatable bonds is 6. The molecule has 0 bridgehead atoms. The van der Waals surface area contributed by atoms with Gasteiger partial charge >= 0.3 is 0 Å². The summed E-state index contributed by atoms with van der Waals surface area (Å²) in [6.07, 6.45) is 0.857. The van der Waals surface area contributed by atoms with Crippen molar-refractivity contribution in [2.24, 2.45) is 0 Å². The fourth-order valence-electron chi connectivity index (χ4n) is 4.10. The predicted octanol–water partition coefficient (Wildman–Crippen LogP) is 5.87. The zero-order valence-electron chi connectivity index (χ0n) is 18.8. The van der Waals surface area contributed by atoms with Crippen molar-refractivity contribution in [2.45, 2.75) is 26.3 Å². The van der Waals surface area contributed by atoms with Gasteiger partial charge in [0.2, 0.25) is 5.76 Å². The second-order valence-electron chi connectivity index (χ2n) is 7.92. The van der Waals surface area contributed by atoms with E-state index in [-0.39, 0.29) is 16.8 Å². The molecule has 0 saturated heterocycles. The van der Waals surface area contributed by atoms with E-state index in [9.17, 15) is 9.59 Å². The number of amides is 1. The standard InChI is InChI=1S/C25H21BrN2O5S/c1-4-9-32-18-7-5-14(10-19(18)31-3)21-20-22(29)16-11-15(26)6-8-17(16)33-23(20)24(30)28(21)25-27-13(2)12-34-25/h5-8,10-12,21H,4,9H2,1-3H3/t21-/m1/s1. The summed E-state index contributed by atoms with van der Waals surface area (Å²) in [5.74, 6) is 0.753. The van der Waals surface area contributed by atoms with E-state index in [1.54, 1.807) is 37.4 Å². The molecule has 0 fully saturated rings. The lowest BCUT2D eigenvalue weighted by atomic mass is 9.98. The van der Waals surface area contributed by atoms with Gasteiger partial charge in [0.25, 0.3) is 5.91 Å². The van der Waals surface area contributed by atoms with Crippen LogP contribution in [0.25, 0.3) is 11.0 Å². The number of thiazole rings is 1. The number of benzene rings is 2. The second kappa shape index (κ2) is 8.88. The number of methoxy groups -OCH3 is 1. The molecule has 3 heterocycles. The molecule has 5 rings (SSSR count). The van der Waals surface area contributed by atoms with Crippen molar-refractivity contribution < 1.29 is 18.7 Å².